The van der Waals surface area contributed by atoms with Crippen molar-refractivity contribution >= 4 is 32.8 Å². The predicted molar refractivity (Wildman–Crippen MR) is 98.3 cm³/mol. The zero-order valence-electron chi connectivity index (χ0n) is 13.2. The summed E-state index contributed by atoms with van der Waals surface area (Å²) in [5.74, 6) is 0.348. The summed E-state index contributed by atoms with van der Waals surface area (Å²) in [6, 6.07) is 14.1. The number of nitrogens with one attached hydrogen (secondary N) is 1. The number of sulfonamides is 1. The first kappa shape index (κ1) is 15.8. The second-order valence-electron chi connectivity index (χ2n) is 5.49. The van der Waals surface area contributed by atoms with Gasteiger partial charge in [0.1, 0.15) is 5.82 Å². The molecule has 0 unspecified atom stereocenters. The monoisotopic (exact) mass is 370 g/mol. The molecule has 8 heteroatoms. The molecule has 0 saturated carbocycles. The zero-order chi connectivity index (χ0) is 17.4. The van der Waals surface area contributed by atoms with E-state index in [-0.39, 0.29) is 4.90 Å². The summed E-state index contributed by atoms with van der Waals surface area (Å²) < 4.78 is 29.4. The van der Waals surface area contributed by atoms with Crippen LogP contribution in [-0.4, -0.2) is 23.0 Å². The van der Waals surface area contributed by atoms with Gasteiger partial charge in [-0.2, -0.15) is 9.61 Å². The third-order valence-corrected chi connectivity index (χ3v) is 5.98. The number of hydrogen-bond acceptors (Lipinski definition) is 5. The molecule has 0 bridgehead atoms. The Morgan fingerprint density at radius 3 is 2.64 bits per heavy atom. The van der Waals surface area contributed by atoms with E-state index < -0.39 is 10.0 Å². The number of nitrogens with zero attached hydrogens (tertiary/aromatic N) is 3. The molecule has 1 aromatic carbocycles. The minimum absolute atomic E-state index is 0.196. The van der Waals surface area contributed by atoms with Crippen molar-refractivity contribution in [3.63, 3.8) is 0 Å². The second-order valence-corrected chi connectivity index (χ2v) is 8.12. The van der Waals surface area contributed by atoms with Crippen LogP contribution in [0, 0.1) is 6.92 Å². The number of aromatic nitrogens is 3. The van der Waals surface area contributed by atoms with Gasteiger partial charge in [0, 0.05) is 17.1 Å². The maximum absolute atomic E-state index is 12.7. The Balaban J connectivity index is 1.67. The Morgan fingerprint density at radius 2 is 1.92 bits per heavy atom. The van der Waals surface area contributed by atoms with Crippen LogP contribution in [0.3, 0.4) is 0 Å². The van der Waals surface area contributed by atoms with Crippen molar-refractivity contribution < 1.29 is 8.42 Å². The number of aryl methyl sites for hydroxylation is 1. The van der Waals surface area contributed by atoms with Crippen LogP contribution in [0.25, 0.3) is 16.1 Å². The number of rotatable bonds is 4. The standard InChI is InChI=1S/C17H14N4O2S2/c1-12-11-17-18-9-8-16(21(17)19-12)20-25(22,23)14-6-4-13(5-7-14)15-3-2-10-24-15/h2-11,20H,1H3. The number of benzene rings is 1. The smallest absolute Gasteiger partial charge is 0.263 e. The lowest BCUT2D eigenvalue weighted by Gasteiger charge is -2.09. The fourth-order valence-corrected chi connectivity index (χ4v) is 4.30. The predicted octanol–water partition coefficient (Wildman–Crippen LogP) is 3.57. The van der Waals surface area contributed by atoms with E-state index >= 15 is 0 Å². The summed E-state index contributed by atoms with van der Waals surface area (Å²) in [7, 11) is -3.72. The molecule has 4 rings (SSSR count). The van der Waals surface area contributed by atoms with E-state index in [1.54, 1.807) is 53.9 Å². The SMILES string of the molecule is Cc1cc2nccc(NS(=O)(=O)c3ccc(-c4cccs4)cc3)n2n1. The van der Waals surface area contributed by atoms with Crippen molar-refractivity contribution in [1.29, 1.82) is 0 Å². The van der Waals surface area contributed by atoms with Gasteiger partial charge in [-0.3, -0.25) is 4.72 Å². The summed E-state index contributed by atoms with van der Waals surface area (Å²) in [5.41, 5.74) is 2.34. The molecule has 4 aromatic rings. The molecule has 0 amide bonds. The minimum atomic E-state index is -3.72. The molecule has 0 radical (unpaired) electrons. The molecule has 0 aliphatic heterocycles. The summed E-state index contributed by atoms with van der Waals surface area (Å²) in [5, 5.41) is 6.26. The van der Waals surface area contributed by atoms with Crippen LogP contribution in [0.5, 0.6) is 0 Å². The molecule has 0 saturated heterocycles. The highest BCUT2D eigenvalue weighted by Crippen LogP contribution is 2.26. The molecule has 0 aliphatic carbocycles. The summed E-state index contributed by atoms with van der Waals surface area (Å²) in [4.78, 5) is 5.47. The van der Waals surface area contributed by atoms with Crippen molar-refractivity contribution in [1.82, 2.24) is 14.6 Å². The Bertz CT molecular complexity index is 1130. The molecular formula is C17H14N4O2S2. The lowest BCUT2D eigenvalue weighted by molar-refractivity contribution is 0.600. The fraction of sp³-hybridized carbons (Fsp3) is 0.0588. The van der Waals surface area contributed by atoms with Crippen LogP contribution in [0.1, 0.15) is 5.69 Å². The first-order valence-electron chi connectivity index (χ1n) is 7.51. The molecule has 25 heavy (non-hydrogen) atoms. The van der Waals surface area contributed by atoms with Crippen molar-refractivity contribution in [2.24, 2.45) is 0 Å². The fourth-order valence-electron chi connectivity index (χ4n) is 2.52. The van der Waals surface area contributed by atoms with Crippen LogP contribution in [0.4, 0.5) is 5.82 Å². The van der Waals surface area contributed by atoms with E-state index in [4.69, 9.17) is 0 Å². The van der Waals surface area contributed by atoms with Gasteiger partial charge in [0.2, 0.25) is 0 Å². The van der Waals surface area contributed by atoms with Crippen molar-refractivity contribution in [2.45, 2.75) is 11.8 Å². The average molecular weight is 370 g/mol. The maximum atomic E-state index is 12.7. The summed E-state index contributed by atoms with van der Waals surface area (Å²) >= 11 is 1.61. The van der Waals surface area contributed by atoms with Crippen LogP contribution >= 0.6 is 11.3 Å². The molecule has 3 heterocycles. The van der Waals surface area contributed by atoms with Crippen LogP contribution in [0.2, 0.25) is 0 Å². The molecule has 0 atom stereocenters. The van der Waals surface area contributed by atoms with Gasteiger partial charge in [-0.25, -0.2) is 13.4 Å². The first-order chi connectivity index (χ1) is 12.0. The highest BCUT2D eigenvalue weighted by Gasteiger charge is 2.16. The quantitative estimate of drug-likeness (QED) is 0.596. The van der Waals surface area contributed by atoms with Gasteiger partial charge in [-0.1, -0.05) is 18.2 Å². The zero-order valence-corrected chi connectivity index (χ0v) is 14.9. The molecule has 1 N–H and O–H groups in total. The van der Waals surface area contributed by atoms with Crippen molar-refractivity contribution in [2.75, 3.05) is 4.72 Å². The molecule has 126 valence electrons. The second kappa shape index (κ2) is 5.98. The topological polar surface area (TPSA) is 76.4 Å². The van der Waals surface area contributed by atoms with E-state index in [0.717, 1.165) is 16.1 Å². The Hall–Kier alpha value is -2.71. The number of fused-ring (bicyclic) bond motifs is 1. The lowest BCUT2D eigenvalue weighted by Crippen LogP contribution is -2.15. The lowest BCUT2D eigenvalue weighted by atomic mass is 10.2. The van der Waals surface area contributed by atoms with Gasteiger partial charge >= 0.3 is 0 Å². The van der Waals surface area contributed by atoms with E-state index in [9.17, 15) is 8.42 Å². The normalized spacial score (nSPS) is 11.7. The van der Waals surface area contributed by atoms with Crippen molar-refractivity contribution in [3.8, 4) is 10.4 Å². The Morgan fingerprint density at radius 1 is 1.12 bits per heavy atom. The van der Waals surface area contributed by atoms with Crippen LogP contribution in [0.15, 0.2) is 65.0 Å². The van der Waals surface area contributed by atoms with E-state index in [2.05, 4.69) is 14.8 Å². The highest BCUT2D eigenvalue weighted by atomic mass is 32.2. The molecular weight excluding hydrogens is 356 g/mol. The van der Waals surface area contributed by atoms with Crippen LogP contribution in [-0.2, 0) is 10.0 Å². The Kier molecular flexibility index (Phi) is 3.78. The molecule has 3 aromatic heterocycles. The largest absolute Gasteiger partial charge is 0.263 e. The average Bonchev–Trinajstić information content (AvgIpc) is 3.24. The molecule has 0 spiro atoms. The van der Waals surface area contributed by atoms with Gasteiger partial charge in [-0.05, 0) is 42.1 Å². The Labute approximate surface area is 148 Å². The third kappa shape index (κ3) is 3.01. The van der Waals surface area contributed by atoms with E-state index in [1.165, 1.54) is 4.52 Å². The van der Waals surface area contributed by atoms with Gasteiger partial charge in [-0.15, -0.1) is 11.3 Å². The van der Waals surface area contributed by atoms with Gasteiger partial charge < -0.3 is 0 Å². The first-order valence-corrected chi connectivity index (χ1v) is 9.87. The molecule has 0 fully saturated rings. The molecule has 6 nitrogen and oxygen atoms in total. The van der Waals surface area contributed by atoms with E-state index in [0.29, 0.717) is 11.5 Å². The van der Waals surface area contributed by atoms with Crippen molar-refractivity contribution in [3.05, 3.63) is 65.8 Å². The summed E-state index contributed by atoms with van der Waals surface area (Å²) in [6.07, 6.45) is 1.55. The third-order valence-electron chi connectivity index (χ3n) is 3.69. The summed E-state index contributed by atoms with van der Waals surface area (Å²) in [6.45, 7) is 1.83. The maximum Gasteiger partial charge on any atom is 0.263 e. The number of thiophene rings is 1. The van der Waals surface area contributed by atoms with Crippen LogP contribution < -0.4 is 4.72 Å². The number of anilines is 1. The molecule has 0 aliphatic rings. The van der Waals surface area contributed by atoms with Gasteiger partial charge in [0.05, 0.1) is 10.6 Å². The van der Waals surface area contributed by atoms with E-state index in [1.807, 2.05) is 24.4 Å². The highest BCUT2D eigenvalue weighted by molar-refractivity contribution is 7.92. The van der Waals surface area contributed by atoms with Gasteiger partial charge in [0.15, 0.2) is 5.65 Å². The van der Waals surface area contributed by atoms with Gasteiger partial charge in [0.25, 0.3) is 10.0 Å². The number of hydrogen-bond donors (Lipinski definition) is 1. The minimum Gasteiger partial charge on any atom is -0.263 e.